The van der Waals surface area contributed by atoms with Gasteiger partial charge in [0.25, 0.3) is 11.9 Å². The van der Waals surface area contributed by atoms with E-state index in [1.54, 1.807) is 0 Å². The monoisotopic (exact) mass is 188 g/mol. The first kappa shape index (κ1) is 8.23. The molecule has 2 rings (SSSR count). The molecule has 0 saturated carbocycles. The molecule has 0 aliphatic heterocycles. The third-order valence-electron chi connectivity index (χ3n) is 1.19. The molecule has 0 aliphatic rings. The van der Waals surface area contributed by atoms with E-state index in [0.29, 0.717) is 0 Å². The Morgan fingerprint density at radius 3 is 1.36 bits per heavy atom. The largest absolute Gasteiger partial charge is 0.271 e. The van der Waals surface area contributed by atoms with Gasteiger partial charge in [0.2, 0.25) is 0 Å². The summed E-state index contributed by atoms with van der Waals surface area (Å²) in [6.45, 7) is 0. The molecule has 0 unspecified atom stereocenters. The van der Waals surface area contributed by atoms with E-state index in [2.05, 4.69) is 40.1 Å². The van der Waals surface area contributed by atoms with Crippen LogP contribution in [0.3, 0.4) is 0 Å². The van der Waals surface area contributed by atoms with E-state index in [1.165, 1.54) is 25.3 Å². The van der Waals surface area contributed by atoms with Crippen molar-refractivity contribution in [2.75, 3.05) is 0 Å². The zero-order valence-corrected chi connectivity index (χ0v) is 6.89. The Kier molecular flexibility index (Phi) is 2.37. The molecule has 0 atom stereocenters. The van der Waals surface area contributed by atoms with Crippen LogP contribution >= 0.6 is 0 Å². The van der Waals surface area contributed by atoms with Crippen LogP contribution in [0.5, 0.6) is 0 Å². The molecule has 2 heterocycles. The predicted molar refractivity (Wildman–Crippen MR) is 43.8 cm³/mol. The molecule has 0 fully saturated rings. The summed E-state index contributed by atoms with van der Waals surface area (Å²) in [5.41, 5.74) is 0. The molecule has 0 aromatic carbocycles. The number of hydrogen-bond donors (Lipinski definition) is 0. The highest BCUT2D eigenvalue weighted by atomic mass is 15.3. The van der Waals surface area contributed by atoms with Crippen molar-refractivity contribution in [3.8, 4) is 0 Å². The molecule has 0 bridgehead atoms. The second kappa shape index (κ2) is 4.03. The molecule has 0 spiro atoms. The van der Waals surface area contributed by atoms with Crippen LogP contribution in [-0.2, 0) is 0 Å². The molecule has 0 aliphatic carbocycles. The van der Waals surface area contributed by atoms with Crippen LogP contribution in [0.4, 0.5) is 11.9 Å². The average molecular weight is 188 g/mol. The van der Waals surface area contributed by atoms with Gasteiger partial charge in [-0.25, -0.2) is 9.97 Å². The molecule has 8 nitrogen and oxygen atoms in total. The van der Waals surface area contributed by atoms with Crippen molar-refractivity contribution in [2.24, 2.45) is 10.2 Å². The van der Waals surface area contributed by atoms with Gasteiger partial charge in [0.05, 0.1) is 0 Å². The summed E-state index contributed by atoms with van der Waals surface area (Å²) in [6.07, 6.45) is 5.31. The summed E-state index contributed by atoms with van der Waals surface area (Å²) in [7, 11) is 0. The van der Waals surface area contributed by atoms with Crippen molar-refractivity contribution in [3.63, 3.8) is 0 Å². The second-order valence-corrected chi connectivity index (χ2v) is 2.08. The number of azo groups is 1. The minimum absolute atomic E-state index is 0.209. The molecular formula is C6H4N8. The molecule has 2 aromatic heterocycles. The van der Waals surface area contributed by atoms with Crippen LogP contribution in [0.25, 0.3) is 0 Å². The first-order chi connectivity index (χ1) is 6.95. The van der Waals surface area contributed by atoms with Crippen molar-refractivity contribution in [1.29, 1.82) is 0 Å². The van der Waals surface area contributed by atoms with Crippen LogP contribution in [0.15, 0.2) is 35.5 Å². The second-order valence-electron chi connectivity index (χ2n) is 2.08. The van der Waals surface area contributed by atoms with E-state index in [9.17, 15) is 0 Å². The summed E-state index contributed by atoms with van der Waals surface area (Å²) >= 11 is 0. The standard InChI is InChI=1S/C6H4N8/c1-7-2-10-5(9-1)13-14-6-11-3-8-4-12-6/h1-4H. The average Bonchev–Trinajstić information content (AvgIpc) is 2.29. The molecular weight excluding hydrogens is 184 g/mol. The van der Waals surface area contributed by atoms with E-state index < -0.39 is 0 Å². The zero-order valence-electron chi connectivity index (χ0n) is 6.89. The van der Waals surface area contributed by atoms with E-state index in [1.807, 2.05) is 0 Å². The lowest BCUT2D eigenvalue weighted by Gasteiger charge is -1.87. The maximum atomic E-state index is 3.74. The van der Waals surface area contributed by atoms with Gasteiger partial charge in [-0.05, 0) is 0 Å². The van der Waals surface area contributed by atoms with Crippen molar-refractivity contribution in [2.45, 2.75) is 0 Å². The molecule has 8 heteroatoms. The van der Waals surface area contributed by atoms with Crippen LogP contribution in [0.2, 0.25) is 0 Å². The first-order valence-corrected chi connectivity index (χ1v) is 3.61. The summed E-state index contributed by atoms with van der Waals surface area (Å²) in [4.78, 5) is 22.2. The Balaban J connectivity index is 2.16. The van der Waals surface area contributed by atoms with Crippen LogP contribution in [0, 0.1) is 0 Å². The summed E-state index contributed by atoms with van der Waals surface area (Å²) in [5, 5.41) is 7.37. The normalized spacial score (nSPS) is 10.6. The lowest BCUT2D eigenvalue weighted by Crippen LogP contribution is -1.82. The Morgan fingerprint density at radius 2 is 1.00 bits per heavy atom. The molecule has 68 valence electrons. The minimum atomic E-state index is 0.209. The lowest BCUT2D eigenvalue weighted by molar-refractivity contribution is 0.958. The molecule has 0 radical (unpaired) electrons. The fourth-order valence-electron chi connectivity index (χ4n) is 0.659. The van der Waals surface area contributed by atoms with Crippen LogP contribution in [-0.4, -0.2) is 29.9 Å². The SMILES string of the molecule is c1ncnc(N=Nc2ncncn2)n1. The Labute approximate surface area is 78.3 Å². The highest BCUT2D eigenvalue weighted by Crippen LogP contribution is 2.05. The van der Waals surface area contributed by atoms with Crippen molar-refractivity contribution in [3.05, 3.63) is 25.3 Å². The smallest absolute Gasteiger partial charge is 0.225 e. The van der Waals surface area contributed by atoms with Gasteiger partial charge in [0.1, 0.15) is 25.3 Å². The van der Waals surface area contributed by atoms with Gasteiger partial charge in [0, 0.05) is 0 Å². The number of hydrogen-bond acceptors (Lipinski definition) is 8. The topological polar surface area (TPSA) is 102 Å². The van der Waals surface area contributed by atoms with Crippen molar-refractivity contribution < 1.29 is 0 Å². The Hall–Kier alpha value is -2.38. The molecule has 2 aromatic rings. The van der Waals surface area contributed by atoms with E-state index in [0.717, 1.165) is 0 Å². The maximum Gasteiger partial charge on any atom is 0.271 e. The number of rotatable bonds is 2. The molecule has 0 amide bonds. The van der Waals surface area contributed by atoms with E-state index >= 15 is 0 Å². The van der Waals surface area contributed by atoms with E-state index in [-0.39, 0.29) is 11.9 Å². The van der Waals surface area contributed by atoms with Gasteiger partial charge in [0.15, 0.2) is 0 Å². The lowest BCUT2D eigenvalue weighted by atomic mass is 10.9. The Bertz CT molecular complexity index is 371. The van der Waals surface area contributed by atoms with Gasteiger partial charge in [-0.1, -0.05) is 0 Å². The fourth-order valence-corrected chi connectivity index (χ4v) is 0.659. The third-order valence-corrected chi connectivity index (χ3v) is 1.19. The fraction of sp³-hybridized carbons (Fsp3) is 0. The zero-order chi connectivity index (χ0) is 9.64. The highest BCUT2D eigenvalue weighted by molar-refractivity contribution is 5.13. The maximum absolute atomic E-state index is 3.74. The van der Waals surface area contributed by atoms with Crippen molar-refractivity contribution in [1.82, 2.24) is 29.9 Å². The van der Waals surface area contributed by atoms with Crippen molar-refractivity contribution >= 4 is 11.9 Å². The quantitative estimate of drug-likeness (QED) is 0.634. The van der Waals surface area contributed by atoms with Gasteiger partial charge in [-0.2, -0.15) is 19.9 Å². The van der Waals surface area contributed by atoms with Gasteiger partial charge in [-0.15, -0.1) is 10.2 Å². The highest BCUT2D eigenvalue weighted by Gasteiger charge is 1.92. The number of nitrogens with zero attached hydrogens (tertiary/aromatic N) is 8. The summed E-state index contributed by atoms with van der Waals surface area (Å²) in [6, 6.07) is 0. The van der Waals surface area contributed by atoms with E-state index in [4.69, 9.17) is 0 Å². The molecule has 14 heavy (non-hydrogen) atoms. The third kappa shape index (κ3) is 2.06. The van der Waals surface area contributed by atoms with Gasteiger partial charge in [-0.3, -0.25) is 0 Å². The first-order valence-electron chi connectivity index (χ1n) is 3.61. The van der Waals surface area contributed by atoms with Gasteiger partial charge >= 0.3 is 0 Å². The predicted octanol–water partition coefficient (Wildman–Crippen LogP) is 0.472. The summed E-state index contributed by atoms with van der Waals surface area (Å²) < 4.78 is 0. The minimum Gasteiger partial charge on any atom is -0.225 e. The summed E-state index contributed by atoms with van der Waals surface area (Å²) in [5.74, 6) is 0.417. The van der Waals surface area contributed by atoms with Crippen LogP contribution in [0.1, 0.15) is 0 Å². The Morgan fingerprint density at radius 1 is 0.643 bits per heavy atom. The molecule has 0 saturated heterocycles. The van der Waals surface area contributed by atoms with Crippen LogP contribution < -0.4 is 0 Å². The van der Waals surface area contributed by atoms with Gasteiger partial charge < -0.3 is 0 Å². The molecule has 0 N–H and O–H groups in total. The number of aromatic nitrogens is 6.